The number of hydrogen-bond acceptors (Lipinski definition) is 7. The van der Waals surface area contributed by atoms with E-state index in [0.29, 0.717) is 11.8 Å². The summed E-state index contributed by atoms with van der Waals surface area (Å²) in [5.41, 5.74) is 5.34. The van der Waals surface area contributed by atoms with Crippen LogP contribution in [0.4, 0.5) is 0 Å². The fourth-order valence-electron chi connectivity index (χ4n) is 9.23. The van der Waals surface area contributed by atoms with Crippen LogP contribution in [0.25, 0.3) is 0 Å². The molecule has 0 aromatic carbocycles. The Morgan fingerprint density at radius 2 is 1.30 bits per heavy atom. The zero-order valence-corrected chi connectivity index (χ0v) is 31.5. The molecule has 0 spiro atoms. The molecule has 19 unspecified atom stereocenters. The van der Waals surface area contributed by atoms with E-state index in [0.717, 1.165) is 42.4 Å². The number of carbonyl (C=O) groups is 1. The summed E-state index contributed by atoms with van der Waals surface area (Å²) in [6.07, 6.45) is 3.11. The topological polar surface area (TPSA) is 101 Å². The van der Waals surface area contributed by atoms with E-state index in [-0.39, 0.29) is 84.9 Å². The van der Waals surface area contributed by atoms with Crippen molar-refractivity contribution in [1.82, 2.24) is 5.32 Å². The average Bonchev–Trinajstić information content (AvgIpc) is 3.00. The second-order valence-corrected chi connectivity index (χ2v) is 16.9. The first-order valence-electron chi connectivity index (χ1n) is 18.8. The van der Waals surface area contributed by atoms with Gasteiger partial charge < -0.3 is 34.7 Å². The van der Waals surface area contributed by atoms with Crippen LogP contribution in [-0.4, -0.2) is 61.3 Å². The molecule has 0 bridgehead atoms. The highest BCUT2D eigenvalue weighted by Gasteiger charge is 2.49. The minimum absolute atomic E-state index is 0.0532. The van der Waals surface area contributed by atoms with Gasteiger partial charge in [0.15, 0.2) is 12.6 Å². The second-order valence-electron chi connectivity index (χ2n) is 16.9. The van der Waals surface area contributed by atoms with Crippen molar-refractivity contribution in [3.05, 3.63) is 0 Å². The minimum atomic E-state index is -0.381. The fourth-order valence-corrected chi connectivity index (χ4v) is 9.23. The van der Waals surface area contributed by atoms with Gasteiger partial charge in [-0.2, -0.15) is 0 Å². The zero-order chi connectivity index (χ0) is 34.2. The Kier molecular flexibility index (Phi) is 12.7. The molecule has 3 heterocycles. The van der Waals surface area contributed by atoms with Crippen molar-refractivity contribution in [1.29, 1.82) is 0 Å². The highest BCUT2D eigenvalue weighted by atomic mass is 16.7. The van der Waals surface area contributed by atoms with E-state index in [1.54, 1.807) is 0 Å². The molecule has 3 N–H and O–H groups in total. The normalized spacial score (nSPS) is 51.9. The molecule has 4 aliphatic rings. The number of rotatable bonds is 9. The van der Waals surface area contributed by atoms with Crippen LogP contribution in [-0.2, 0) is 28.5 Å². The van der Waals surface area contributed by atoms with Crippen LogP contribution in [0.1, 0.15) is 116 Å². The van der Waals surface area contributed by atoms with Gasteiger partial charge >= 0.3 is 0 Å². The van der Waals surface area contributed by atoms with Crippen molar-refractivity contribution in [3.8, 4) is 0 Å². The van der Waals surface area contributed by atoms with Crippen molar-refractivity contribution in [2.45, 2.75) is 165 Å². The Labute approximate surface area is 281 Å². The smallest absolute Gasteiger partial charge is 0.235 e. The number of hydrogen-bond donors (Lipinski definition) is 2. The van der Waals surface area contributed by atoms with E-state index in [9.17, 15) is 4.79 Å². The molecule has 3 aliphatic heterocycles. The van der Waals surface area contributed by atoms with Gasteiger partial charge in [-0.25, -0.2) is 0 Å². The maximum absolute atomic E-state index is 12.0. The van der Waals surface area contributed by atoms with Gasteiger partial charge in [-0.3, -0.25) is 4.79 Å². The summed E-state index contributed by atoms with van der Waals surface area (Å²) >= 11 is 0. The number of carbonyl (C=O) groups excluding carboxylic acids is 1. The lowest BCUT2D eigenvalue weighted by Crippen LogP contribution is -2.59. The SMILES string of the molecule is CC1CC(C)(CCC2CC(C)C(C)C(C)C2C)OC(OC2C(C)OC(OC3C(C)OC(NC(=O)CN)C(C)C3C)C(C)C2C)C1C. The number of amides is 1. The summed E-state index contributed by atoms with van der Waals surface area (Å²) in [4.78, 5) is 12.0. The number of nitrogens with one attached hydrogen (secondary N) is 1. The van der Waals surface area contributed by atoms with Crippen molar-refractivity contribution < 1.29 is 28.5 Å². The van der Waals surface area contributed by atoms with Crippen LogP contribution in [0, 0.1) is 65.1 Å². The van der Waals surface area contributed by atoms with Crippen LogP contribution < -0.4 is 11.1 Å². The van der Waals surface area contributed by atoms with E-state index < -0.39 is 0 Å². The molecule has 1 aliphatic carbocycles. The lowest BCUT2D eigenvalue weighted by Gasteiger charge is -2.51. The van der Waals surface area contributed by atoms with Crippen LogP contribution in [0.5, 0.6) is 0 Å². The molecule has 4 rings (SSSR count). The number of ether oxygens (including phenoxy) is 5. The van der Waals surface area contributed by atoms with Crippen molar-refractivity contribution in [2.75, 3.05) is 6.54 Å². The summed E-state index contributed by atoms with van der Waals surface area (Å²) in [7, 11) is 0. The molecule has 1 amide bonds. The van der Waals surface area contributed by atoms with Crippen LogP contribution in [0.3, 0.4) is 0 Å². The highest BCUT2D eigenvalue weighted by Crippen LogP contribution is 2.47. The van der Waals surface area contributed by atoms with Gasteiger partial charge in [-0.05, 0) is 93.8 Å². The second kappa shape index (κ2) is 15.4. The van der Waals surface area contributed by atoms with Gasteiger partial charge in [-0.1, -0.05) is 69.2 Å². The fraction of sp³-hybridized carbons (Fsp3) is 0.974. The van der Waals surface area contributed by atoms with Crippen LogP contribution in [0.2, 0.25) is 0 Å². The summed E-state index contributed by atoms with van der Waals surface area (Å²) in [6.45, 7) is 29.6. The molecule has 0 aromatic heterocycles. The van der Waals surface area contributed by atoms with Crippen molar-refractivity contribution >= 4 is 5.91 Å². The summed E-state index contributed by atoms with van der Waals surface area (Å²) < 4.78 is 33.4. The lowest BCUT2D eigenvalue weighted by molar-refractivity contribution is -0.342. The monoisotopic (exact) mass is 651 g/mol. The van der Waals surface area contributed by atoms with Gasteiger partial charge in [0.25, 0.3) is 0 Å². The Morgan fingerprint density at radius 1 is 0.717 bits per heavy atom. The first-order chi connectivity index (χ1) is 21.5. The maximum atomic E-state index is 12.0. The Hall–Kier alpha value is -0.770. The van der Waals surface area contributed by atoms with E-state index >= 15 is 0 Å². The largest absolute Gasteiger partial charge is 0.353 e. The van der Waals surface area contributed by atoms with Gasteiger partial charge in [0.05, 0.1) is 36.6 Å². The Bertz CT molecular complexity index is 998. The molecule has 19 atom stereocenters. The van der Waals surface area contributed by atoms with Crippen molar-refractivity contribution in [3.63, 3.8) is 0 Å². The molecular formula is C38H70N2O6. The van der Waals surface area contributed by atoms with Crippen LogP contribution >= 0.6 is 0 Å². The maximum Gasteiger partial charge on any atom is 0.235 e. The standard InChI is InChI=1S/C38H70N2O6/c1-19-16-31(24(6)23(5)21(19)3)14-15-38(13)17-20(2)22(4)37(46-38)45-34-26(8)28(10)36(43-30(34)12)44-33-25(7)27(9)35(42-29(33)11)40-32(41)18-39/h19-31,33-37H,14-18,39H2,1-13H3,(H,40,41). The third kappa shape index (κ3) is 8.16. The van der Waals surface area contributed by atoms with Gasteiger partial charge in [-0.15, -0.1) is 0 Å². The van der Waals surface area contributed by atoms with Gasteiger partial charge in [0.1, 0.15) is 6.23 Å². The number of nitrogens with two attached hydrogens (primary N) is 1. The first-order valence-corrected chi connectivity index (χ1v) is 18.8. The quantitative estimate of drug-likeness (QED) is 0.278. The molecule has 3 saturated heterocycles. The average molecular weight is 651 g/mol. The molecule has 0 radical (unpaired) electrons. The van der Waals surface area contributed by atoms with E-state index in [2.05, 4.69) is 88.4 Å². The summed E-state index contributed by atoms with van der Waals surface area (Å²) in [6, 6.07) is 0. The molecule has 1 saturated carbocycles. The van der Waals surface area contributed by atoms with E-state index in [1.165, 1.54) is 12.8 Å². The Balaban J connectivity index is 1.37. The molecular weight excluding hydrogens is 580 g/mol. The van der Waals surface area contributed by atoms with E-state index in [1.807, 2.05) is 6.92 Å². The van der Waals surface area contributed by atoms with Crippen molar-refractivity contribution in [2.24, 2.45) is 70.8 Å². The predicted molar refractivity (Wildman–Crippen MR) is 182 cm³/mol. The molecule has 4 fully saturated rings. The molecule has 268 valence electrons. The highest BCUT2D eigenvalue weighted by molar-refractivity contribution is 5.77. The molecule has 8 heteroatoms. The third-order valence-electron chi connectivity index (χ3n) is 13.8. The zero-order valence-electron chi connectivity index (χ0n) is 31.5. The van der Waals surface area contributed by atoms with Crippen LogP contribution in [0.15, 0.2) is 0 Å². The molecule has 0 aromatic rings. The summed E-state index contributed by atoms with van der Waals surface area (Å²) in [5.74, 6) is 5.05. The Morgan fingerprint density at radius 3 is 1.93 bits per heavy atom. The lowest BCUT2D eigenvalue weighted by atomic mass is 9.62. The third-order valence-corrected chi connectivity index (χ3v) is 13.8. The first kappa shape index (κ1) is 38.0. The molecule has 46 heavy (non-hydrogen) atoms. The predicted octanol–water partition coefficient (Wildman–Crippen LogP) is 6.99. The summed E-state index contributed by atoms with van der Waals surface area (Å²) in [5, 5.41) is 2.91. The van der Waals surface area contributed by atoms with Gasteiger partial charge in [0, 0.05) is 17.8 Å². The molecule has 8 nitrogen and oxygen atoms in total. The van der Waals surface area contributed by atoms with E-state index in [4.69, 9.17) is 29.4 Å². The minimum Gasteiger partial charge on any atom is -0.353 e. The van der Waals surface area contributed by atoms with Gasteiger partial charge in [0.2, 0.25) is 5.91 Å².